The van der Waals surface area contributed by atoms with E-state index in [0.717, 1.165) is 23.2 Å². The van der Waals surface area contributed by atoms with Gasteiger partial charge in [0.2, 0.25) is 0 Å². The summed E-state index contributed by atoms with van der Waals surface area (Å²) in [6.45, 7) is 5.81. The standard InChI is InChI=1S/C29H30N2O5S/c1-17(2)28(33)20-9-7-19(8-10-20)27-24-13-14-36-29(24)25-16-22(11-12-26(25)30-27)31-37(34,35)23-6-4-5-21(15-23)18(3)32/h4-12,15-17,24,27,29-31H,13-14H2,1-3H3/t24-,27?,29-/m0/s1. The minimum atomic E-state index is -3.88. The summed E-state index contributed by atoms with van der Waals surface area (Å²) in [7, 11) is -3.88. The van der Waals surface area contributed by atoms with Gasteiger partial charge in [0.25, 0.3) is 10.0 Å². The molecule has 7 nitrogen and oxygen atoms in total. The Balaban J connectivity index is 1.41. The van der Waals surface area contributed by atoms with Gasteiger partial charge in [0.1, 0.15) is 0 Å². The van der Waals surface area contributed by atoms with Gasteiger partial charge in [-0.05, 0) is 49.2 Å². The molecule has 0 aromatic heterocycles. The molecule has 0 bridgehead atoms. The third kappa shape index (κ3) is 4.91. The van der Waals surface area contributed by atoms with E-state index < -0.39 is 10.0 Å². The van der Waals surface area contributed by atoms with Gasteiger partial charge >= 0.3 is 0 Å². The molecule has 3 aromatic carbocycles. The lowest BCUT2D eigenvalue weighted by Gasteiger charge is -2.36. The average molecular weight is 519 g/mol. The van der Waals surface area contributed by atoms with Crippen molar-refractivity contribution < 1.29 is 22.7 Å². The smallest absolute Gasteiger partial charge is 0.261 e. The first-order valence-corrected chi connectivity index (χ1v) is 13.9. The zero-order valence-electron chi connectivity index (χ0n) is 21.0. The van der Waals surface area contributed by atoms with Gasteiger partial charge in [-0.25, -0.2) is 8.42 Å². The Morgan fingerprint density at radius 3 is 2.46 bits per heavy atom. The fourth-order valence-corrected chi connectivity index (χ4v) is 6.25. The van der Waals surface area contributed by atoms with Gasteiger partial charge in [-0.3, -0.25) is 14.3 Å². The first kappa shape index (κ1) is 25.2. The summed E-state index contributed by atoms with van der Waals surface area (Å²) in [5, 5.41) is 3.62. The van der Waals surface area contributed by atoms with Gasteiger partial charge in [0.15, 0.2) is 11.6 Å². The van der Waals surface area contributed by atoms with Gasteiger partial charge in [-0.15, -0.1) is 0 Å². The van der Waals surface area contributed by atoms with Crippen LogP contribution in [-0.2, 0) is 14.8 Å². The minimum absolute atomic E-state index is 0.0139. The molecule has 2 aliphatic rings. The van der Waals surface area contributed by atoms with E-state index in [0.29, 0.717) is 23.4 Å². The van der Waals surface area contributed by atoms with Crippen LogP contribution < -0.4 is 10.0 Å². The molecule has 0 saturated carbocycles. The largest absolute Gasteiger partial charge is 0.378 e. The highest BCUT2D eigenvalue weighted by molar-refractivity contribution is 7.92. The van der Waals surface area contributed by atoms with Gasteiger partial charge in [-0.1, -0.05) is 50.2 Å². The van der Waals surface area contributed by atoms with E-state index in [1.807, 2.05) is 50.2 Å². The number of ether oxygens (including phenoxy) is 1. The van der Waals surface area contributed by atoms with Crippen molar-refractivity contribution in [1.29, 1.82) is 0 Å². The van der Waals surface area contributed by atoms with Crippen LogP contribution in [0.25, 0.3) is 0 Å². The Bertz CT molecular complexity index is 1460. The van der Waals surface area contributed by atoms with Crippen molar-refractivity contribution in [2.75, 3.05) is 16.6 Å². The number of hydrogen-bond acceptors (Lipinski definition) is 6. The number of anilines is 2. The highest BCUT2D eigenvalue weighted by Gasteiger charge is 2.41. The van der Waals surface area contributed by atoms with Gasteiger partial charge in [0, 0.05) is 46.5 Å². The van der Waals surface area contributed by atoms with Gasteiger partial charge < -0.3 is 10.1 Å². The fourth-order valence-electron chi connectivity index (χ4n) is 5.15. The van der Waals surface area contributed by atoms with Crippen LogP contribution in [0, 0.1) is 11.8 Å². The van der Waals surface area contributed by atoms with Gasteiger partial charge in [0.05, 0.1) is 17.0 Å². The molecule has 2 N–H and O–H groups in total. The Morgan fingerprint density at radius 1 is 1.00 bits per heavy atom. The zero-order chi connectivity index (χ0) is 26.3. The molecule has 2 heterocycles. The molecule has 37 heavy (non-hydrogen) atoms. The molecule has 0 spiro atoms. The molecule has 0 radical (unpaired) electrons. The lowest BCUT2D eigenvalue weighted by molar-refractivity contribution is 0.0829. The van der Waals surface area contributed by atoms with Gasteiger partial charge in [-0.2, -0.15) is 0 Å². The quantitative estimate of drug-likeness (QED) is 0.385. The second-order valence-electron chi connectivity index (χ2n) is 10.00. The maximum absolute atomic E-state index is 13.0. The molecule has 2 aliphatic heterocycles. The van der Waals surface area contributed by atoms with E-state index in [4.69, 9.17) is 4.74 Å². The summed E-state index contributed by atoms with van der Waals surface area (Å²) < 4.78 is 34.8. The van der Waals surface area contributed by atoms with E-state index in [9.17, 15) is 18.0 Å². The van der Waals surface area contributed by atoms with Crippen molar-refractivity contribution in [2.24, 2.45) is 11.8 Å². The zero-order valence-corrected chi connectivity index (χ0v) is 21.8. The molecule has 5 rings (SSSR count). The van der Waals surface area contributed by atoms with Crippen LogP contribution >= 0.6 is 0 Å². The molecule has 1 fully saturated rings. The number of carbonyl (C=O) groups is 2. The number of ketones is 2. The maximum Gasteiger partial charge on any atom is 0.261 e. The first-order chi connectivity index (χ1) is 17.6. The SMILES string of the molecule is CC(=O)c1cccc(S(=O)(=O)Nc2ccc3c(c2)[C@H]2OCC[C@H]2C(c2ccc(C(=O)C(C)C)cc2)N3)c1. The molecule has 3 aromatic rings. The molecule has 0 aliphatic carbocycles. The summed E-state index contributed by atoms with van der Waals surface area (Å²) in [6, 6.07) is 19.2. The third-order valence-corrected chi connectivity index (χ3v) is 8.50. The van der Waals surface area contributed by atoms with Crippen LogP contribution in [-0.4, -0.2) is 26.6 Å². The third-order valence-electron chi connectivity index (χ3n) is 7.12. The van der Waals surface area contributed by atoms with Crippen molar-refractivity contribution in [3.05, 3.63) is 89.0 Å². The summed E-state index contributed by atoms with van der Waals surface area (Å²) in [6.07, 6.45) is 0.686. The lowest BCUT2D eigenvalue weighted by atomic mass is 9.80. The number of rotatable bonds is 7. The number of fused-ring (bicyclic) bond motifs is 3. The van der Waals surface area contributed by atoms with Crippen molar-refractivity contribution in [1.82, 2.24) is 0 Å². The summed E-state index contributed by atoms with van der Waals surface area (Å²) in [5.74, 6) is 0.0386. The fraction of sp³-hybridized carbons (Fsp3) is 0.310. The van der Waals surface area contributed by atoms with Crippen molar-refractivity contribution in [2.45, 2.75) is 44.2 Å². The van der Waals surface area contributed by atoms with E-state index in [1.54, 1.807) is 18.2 Å². The number of nitrogens with one attached hydrogen (secondary N) is 2. The molecular weight excluding hydrogens is 488 g/mol. The van der Waals surface area contributed by atoms with Crippen LogP contribution in [0.5, 0.6) is 0 Å². The topological polar surface area (TPSA) is 102 Å². The average Bonchev–Trinajstić information content (AvgIpc) is 3.38. The van der Waals surface area contributed by atoms with Crippen LogP contribution in [0.4, 0.5) is 11.4 Å². The molecule has 192 valence electrons. The lowest BCUT2D eigenvalue weighted by Crippen LogP contribution is -2.29. The Morgan fingerprint density at radius 2 is 1.76 bits per heavy atom. The molecule has 1 unspecified atom stereocenters. The summed E-state index contributed by atoms with van der Waals surface area (Å²) in [4.78, 5) is 24.1. The number of Topliss-reactive ketones (excluding diaryl/α,β-unsaturated/α-hetero) is 2. The van der Waals surface area contributed by atoms with E-state index in [-0.39, 0.29) is 40.4 Å². The van der Waals surface area contributed by atoms with Crippen LogP contribution in [0.1, 0.15) is 71.2 Å². The summed E-state index contributed by atoms with van der Waals surface area (Å²) >= 11 is 0. The maximum atomic E-state index is 13.0. The molecule has 0 amide bonds. The van der Waals surface area contributed by atoms with E-state index in [1.165, 1.54) is 19.1 Å². The number of benzene rings is 3. The molecule has 3 atom stereocenters. The Hall–Kier alpha value is -3.49. The summed E-state index contributed by atoms with van der Waals surface area (Å²) in [5.41, 5.74) is 4.35. The predicted molar refractivity (Wildman–Crippen MR) is 142 cm³/mol. The van der Waals surface area contributed by atoms with E-state index in [2.05, 4.69) is 10.0 Å². The van der Waals surface area contributed by atoms with Crippen LogP contribution in [0.2, 0.25) is 0 Å². The molecule has 8 heteroatoms. The normalized spacial score (nSPS) is 20.6. The van der Waals surface area contributed by atoms with E-state index >= 15 is 0 Å². The molecule has 1 saturated heterocycles. The highest BCUT2D eigenvalue weighted by atomic mass is 32.2. The van der Waals surface area contributed by atoms with Crippen molar-refractivity contribution in [3.63, 3.8) is 0 Å². The number of hydrogen-bond donors (Lipinski definition) is 2. The second-order valence-corrected chi connectivity index (χ2v) is 11.7. The number of carbonyl (C=O) groups excluding carboxylic acids is 2. The molecular formula is C29H30N2O5S. The number of sulfonamides is 1. The Labute approximate surface area is 217 Å². The highest BCUT2D eigenvalue weighted by Crippen LogP contribution is 2.50. The second kappa shape index (κ2) is 9.76. The van der Waals surface area contributed by atoms with Crippen molar-refractivity contribution >= 4 is 33.0 Å². The van der Waals surface area contributed by atoms with Crippen LogP contribution in [0.15, 0.2) is 71.6 Å². The minimum Gasteiger partial charge on any atom is -0.378 e. The predicted octanol–water partition coefficient (Wildman–Crippen LogP) is 5.77. The first-order valence-electron chi connectivity index (χ1n) is 12.4. The van der Waals surface area contributed by atoms with Crippen molar-refractivity contribution in [3.8, 4) is 0 Å². The Kier molecular flexibility index (Phi) is 6.64. The monoisotopic (exact) mass is 518 g/mol. The van der Waals surface area contributed by atoms with Crippen LogP contribution in [0.3, 0.4) is 0 Å².